The monoisotopic (exact) mass is 386 g/mol. The highest BCUT2D eigenvalue weighted by Crippen LogP contribution is 2.36. The van der Waals surface area contributed by atoms with Crippen molar-refractivity contribution >= 4 is 23.9 Å². The summed E-state index contributed by atoms with van der Waals surface area (Å²) in [5, 5.41) is 21.2. The molecule has 0 bridgehead atoms. The first-order valence-electron chi connectivity index (χ1n) is 7.80. The van der Waals surface area contributed by atoms with Gasteiger partial charge in [0.15, 0.2) is 0 Å². The van der Waals surface area contributed by atoms with E-state index in [9.17, 15) is 29.4 Å². The summed E-state index contributed by atoms with van der Waals surface area (Å²) >= 11 is 0. The highest BCUT2D eigenvalue weighted by atomic mass is 16.9. The zero-order valence-electron chi connectivity index (χ0n) is 13.8. The zero-order chi connectivity index (χ0) is 20.1. The van der Waals surface area contributed by atoms with E-state index >= 15 is 0 Å². The molecule has 0 saturated carbocycles. The number of hydrogen-bond donors (Lipinski definition) is 2. The van der Waals surface area contributed by atoms with Crippen LogP contribution < -0.4 is 0 Å². The van der Waals surface area contributed by atoms with E-state index in [2.05, 4.69) is 18.9 Å². The fourth-order valence-corrected chi connectivity index (χ4v) is 2.70. The van der Waals surface area contributed by atoms with Gasteiger partial charge in [0, 0.05) is 0 Å². The Balaban J connectivity index is 1.78. The number of rotatable bonds is 1. The van der Waals surface area contributed by atoms with Gasteiger partial charge in [-0.3, -0.25) is 0 Å². The van der Waals surface area contributed by atoms with Gasteiger partial charge in [0.05, 0.1) is 22.3 Å². The number of fused-ring (bicyclic) bond motifs is 2. The van der Waals surface area contributed by atoms with E-state index < -0.39 is 35.8 Å². The summed E-state index contributed by atoms with van der Waals surface area (Å²) in [5.41, 5.74) is -1.16. The van der Waals surface area contributed by atoms with Gasteiger partial charge in [-0.15, -0.1) is 0 Å². The van der Waals surface area contributed by atoms with Crippen LogP contribution in [0.15, 0.2) is 48.5 Å². The molecule has 10 nitrogen and oxygen atoms in total. The molecule has 0 atom stereocenters. The molecule has 0 fully saturated rings. The van der Waals surface area contributed by atoms with Crippen molar-refractivity contribution in [2.24, 2.45) is 0 Å². The third-order valence-corrected chi connectivity index (χ3v) is 4.06. The van der Waals surface area contributed by atoms with Crippen LogP contribution in [0.1, 0.15) is 41.4 Å². The number of esters is 4. The Morgan fingerprint density at radius 3 is 0.929 bits per heavy atom. The van der Waals surface area contributed by atoms with Crippen molar-refractivity contribution in [2.75, 3.05) is 0 Å². The van der Waals surface area contributed by atoms with Crippen LogP contribution in [0.4, 0.5) is 0 Å². The molecule has 0 spiro atoms. The Hall–Kier alpha value is -3.76. The lowest BCUT2D eigenvalue weighted by atomic mass is 10.1. The topological polar surface area (TPSA) is 146 Å². The molecule has 2 aliphatic heterocycles. The van der Waals surface area contributed by atoms with Crippen molar-refractivity contribution in [3.63, 3.8) is 0 Å². The first-order valence-corrected chi connectivity index (χ1v) is 7.80. The largest absolute Gasteiger partial charge is 0.488 e. The van der Waals surface area contributed by atoms with Crippen molar-refractivity contribution < 1.29 is 48.3 Å². The van der Waals surface area contributed by atoms with Gasteiger partial charge < -0.3 is 29.2 Å². The molecule has 2 aliphatic rings. The Morgan fingerprint density at radius 2 is 0.714 bits per heavy atom. The van der Waals surface area contributed by atoms with Crippen molar-refractivity contribution in [1.29, 1.82) is 0 Å². The molecule has 0 aliphatic carbocycles. The summed E-state index contributed by atoms with van der Waals surface area (Å²) in [6, 6.07) is 10.5. The number of carbonyl (C=O) groups excluding carboxylic acids is 4. The van der Waals surface area contributed by atoms with Crippen molar-refractivity contribution in [3.05, 3.63) is 70.8 Å². The summed E-state index contributed by atoms with van der Waals surface area (Å²) < 4.78 is 18.6. The smallest absolute Gasteiger partial charge is 0.386 e. The van der Waals surface area contributed by atoms with Crippen LogP contribution in [0.25, 0.3) is 0 Å². The maximum absolute atomic E-state index is 12.3. The molecule has 0 amide bonds. The van der Waals surface area contributed by atoms with Crippen LogP contribution >= 0.6 is 0 Å². The number of cyclic esters (lactones) is 4. The molecule has 2 aromatic carbocycles. The van der Waals surface area contributed by atoms with Gasteiger partial charge in [-0.05, 0) is 24.3 Å². The van der Waals surface area contributed by atoms with E-state index in [-0.39, 0.29) is 22.3 Å². The fraction of sp³-hybridized carbons (Fsp3) is 0.111. The molecule has 0 saturated heterocycles. The van der Waals surface area contributed by atoms with Gasteiger partial charge in [-0.2, -0.15) is 0 Å². The van der Waals surface area contributed by atoms with Crippen LogP contribution in [-0.2, 0) is 18.9 Å². The SMILES string of the molecule is O=C1OC(O)(C2(O)OC(=O)c3ccccc3C(=O)O2)OC(=O)c2ccccc21. The number of benzene rings is 2. The molecule has 4 rings (SSSR count). The molecule has 0 unspecified atom stereocenters. The number of hydrogen-bond acceptors (Lipinski definition) is 10. The molecule has 0 radical (unpaired) electrons. The first-order chi connectivity index (χ1) is 13.2. The van der Waals surface area contributed by atoms with Gasteiger partial charge in [0.1, 0.15) is 0 Å². The molecule has 2 heterocycles. The molecular formula is C18H10O10. The van der Waals surface area contributed by atoms with Crippen LogP contribution in [0.5, 0.6) is 0 Å². The summed E-state index contributed by atoms with van der Waals surface area (Å²) in [7, 11) is 0. The molecule has 0 aromatic heterocycles. The van der Waals surface area contributed by atoms with Crippen molar-refractivity contribution in [3.8, 4) is 0 Å². The average molecular weight is 386 g/mol. The average Bonchev–Trinajstić information content (AvgIpc) is 2.83. The first kappa shape index (κ1) is 17.6. The lowest BCUT2D eigenvalue weighted by Gasteiger charge is -2.35. The number of carbonyl (C=O) groups is 4. The van der Waals surface area contributed by atoms with Gasteiger partial charge in [0.2, 0.25) is 0 Å². The van der Waals surface area contributed by atoms with Crippen LogP contribution in [0, 0.1) is 0 Å². The predicted molar refractivity (Wildman–Crippen MR) is 84.4 cm³/mol. The minimum atomic E-state index is -3.67. The second-order valence-corrected chi connectivity index (χ2v) is 5.81. The minimum Gasteiger partial charge on any atom is -0.386 e. The number of aliphatic hydroxyl groups is 2. The van der Waals surface area contributed by atoms with Crippen LogP contribution in [0.3, 0.4) is 0 Å². The normalized spacial score (nSPS) is 19.6. The van der Waals surface area contributed by atoms with Crippen LogP contribution in [-0.4, -0.2) is 46.0 Å². The van der Waals surface area contributed by atoms with Crippen molar-refractivity contribution in [2.45, 2.75) is 11.9 Å². The Kier molecular flexibility index (Phi) is 3.70. The highest BCUT2D eigenvalue weighted by molar-refractivity contribution is 6.05. The van der Waals surface area contributed by atoms with Gasteiger partial charge in [-0.25, -0.2) is 19.2 Å². The summed E-state index contributed by atoms with van der Waals surface area (Å²) in [6.45, 7) is 0. The maximum atomic E-state index is 12.3. The summed E-state index contributed by atoms with van der Waals surface area (Å²) in [4.78, 5) is 49.2. The van der Waals surface area contributed by atoms with Crippen LogP contribution in [0.2, 0.25) is 0 Å². The van der Waals surface area contributed by atoms with Gasteiger partial charge in [-0.1, -0.05) is 24.3 Å². The molecule has 28 heavy (non-hydrogen) atoms. The van der Waals surface area contributed by atoms with E-state index in [1.54, 1.807) is 0 Å². The van der Waals surface area contributed by atoms with E-state index in [4.69, 9.17) is 0 Å². The molecule has 142 valence electrons. The molecule has 2 N–H and O–H groups in total. The molecular weight excluding hydrogens is 376 g/mol. The standard InChI is InChI=1S/C18H10O10/c19-13-9-5-1-2-6-10(9)14(20)26-17(23,25-13)18(24)27-15(21)11-7-3-4-8-12(11)16(22)28-18/h1-8,23-24H. The Bertz CT molecular complexity index is 883. The zero-order valence-corrected chi connectivity index (χ0v) is 13.8. The molecule has 10 heteroatoms. The summed E-state index contributed by atoms with van der Waals surface area (Å²) in [5.74, 6) is -12.5. The minimum absolute atomic E-state index is 0.290. The van der Waals surface area contributed by atoms with E-state index in [1.165, 1.54) is 48.5 Å². The maximum Gasteiger partial charge on any atom is 0.488 e. The third kappa shape index (κ3) is 2.51. The second-order valence-electron chi connectivity index (χ2n) is 5.81. The lowest BCUT2D eigenvalue weighted by molar-refractivity contribution is -0.494. The van der Waals surface area contributed by atoms with Gasteiger partial charge >= 0.3 is 35.8 Å². The fourth-order valence-electron chi connectivity index (χ4n) is 2.70. The molecule has 2 aromatic rings. The quantitative estimate of drug-likeness (QED) is 0.658. The van der Waals surface area contributed by atoms with E-state index in [0.717, 1.165) is 0 Å². The Labute approximate surface area is 155 Å². The number of ether oxygens (including phenoxy) is 4. The Morgan fingerprint density at radius 1 is 0.500 bits per heavy atom. The highest BCUT2D eigenvalue weighted by Gasteiger charge is 2.68. The van der Waals surface area contributed by atoms with E-state index in [1.807, 2.05) is 0 Å². The lowest BCUT2D eigenvalue weighted by Crippen LogP contribution is -2.62. The third-order valence-electron chi connectivity index (χ3n) is 4.06. The van der Waals surface area contributed by atoms with E-state index in [0.29, 0.717) is 0 Å². The predicted octanol–water partition coefficient (Wildman–Crippen LogP) is 0.333. The van der Waals surface area contributed by atoms with Gasteiger partial charge in [0.25, 0.3) is 0 Å². The van der Waals surface area contributed by atoms with Crippen molar-refractivity contribution in [1.82, 2.24) is 0 Å². The second kappa shape index (κ2) is 5.87. The summed E-state index contributed by atoms with van der Waals surface area (Å²) in [6.07, 6.45) is 0.